The van der Waals surface area contributed by atoms with Gasteiger partial charge in [0.15, 0.2) is 5.88 Å². The van der Waals surface area contributed by atoms with Gasteiger partial charge in [0.2, 0.25) is 12.2 Å². The number of hydrogen-bond donors (Lipinski definition) is 1. The van der Waals surface area contributed by atoms with Crippen molar-refractivity contribution in [3.05, 3.63) is 40.2 Å². The standard InChI is InChI=1S/C19H25Cl2N3O4/c1-26-18-12-17(25)22-19(27-2)24(18)10-9-23-7-5-13(6-8-23)28-14-3-4-15(20)16(21)11-14/h3-4,11-13,19H,5-10H2,1-2H3,(H,22,25). The molecule has 2 heterocycles. The molecular weight excluding hydrogens is 405 g/mol. The second-order valence-electron chi connectivity index (χ2n) is 6.66. The SMILES string of the molecule is COC1=CC(O)=NC(OC)N1CCN1CCC(Oc2ccc(Cl)c(Cl)c2)CC1. The minimum atomic E-state index is -0.588. The van der Waals surface area contributed by atoms with Gasteiger partial charge in [0, 0.05) is 39.4 Å². The molecule has 0 radical (unpaired) electrons. The molecule has 0 spiro atoms. The molecule has 9 heteroatoms. The maximum atomic E-state index is 9.68. The summed E-state index contributed by atoms with van der Waals surface area (Å²) in [5.41, 5.74) is 0. The predicted octanol–water partition coefficient (Wildman–Crippen LogP) is 3.53. The first kappa shape index (κ1) is 21.0. The Balaban J connectivity index is 1.47. The number of nitrogens with zero attached hydrogens (tertiary/aromatic N) is 3. The number of methoxy groups -OCH3 is 2. The van der Waals surface area contributed by atoms with E-state index in [2.05, 4.69) is 9.89 Å². The van der Waals surface area contributed by atoms with Gasteiger partial charge in [-0.3, -0.25) is 4.90 Å². The highest BCUT2D eigenvalue weighted by molar-refractivity contribution is 6.42. The number of piperidine rings is 1. The zero-order valence-corrected chi connectivity index (χ0v) is 17.5. The van der Waals surface area contributed by atoms with Gasteiger partial charge in [-0.15, -0.1) is 0 Å². The lowest BCUT2D eigenvalue weighted by Crippen LogP contribution is -2.46. The van der Waals surface area contributed by atoms with Crippen molar-refractivity contribution >= 4 is 29.1 Å². The number of likely N-dealkylation sites (tertiary alicyclic amines) is 1. The Morgan fingerprint density at radius 2 is 1.89 bits per heavy atom. The maximum Gasteiger partial charge on any atom is 0.233 e. The molecule has 2 aliphatic heterocycles. The van der Waals surface area contributed by atoms with Crippen LogP contribution in [-0.2, 0) is 9.47 Å². The summed E-state index contributed by atoms with van der Waals surface area (Å²) in [6.07, 6.45) is 2.92. The topological polar surface area (TPSA) is 66.8 Å². The Hall–Kier alpha value is -1.67. The van der Waals surface area contributed by atoms with Gasteiger partial charge >= 0.3 is 0 Å². The van der Waals surface area contributed by atoms with Crippen LogP contribution in [-0.4, -0.2) is 73.7 Å². The molecule has 3 rings (SSSR count). The quantitative estimate of drug-likeness (QED) is 0.714. The molecule has 0 aliphatic carbocycles. The largest absolute Gasteiger partial charge is 0.493 e. The molecule has 1 unspecified atom stereocenters. The third-order valence-electron chi connectivity index (χ3n) is 4.85. The van der Waals surface area contributed by atoms with Gasteiger partial charge < -0.3 is 24.2 Å². The van der Waals surface area contributed by atoms with Gasteiger partial charge in [-0.1, -0.05) is 23.2 Å². The fraction of sp³-hybridized carbons (Fsp3) is 0.526. The molecule has 1 N–H and O–H groups in total. The number of halogens is 2. The molecule has 1 aromatic carbocycles. The van der Waals surface area contributed by atoms with E-state index in [1.807, 2.05) is 11.0 Å². The van der Waals surface area contributed by atoms with Crippen LogP contribution in [0.5, 0.6) is 5.75 Å². The first-order valence-corrected chi connectivity index (χ1v) is 9.91. The van der Waals surface area contributed by atoms with E-state index < -0.39 is 6.35 Å². The molecule has 7 nitrogen and oxygen atoms in total. The number of aliphatic hydroxyl groups is 1. The Morgan fingerprint density at radius 1 is 1.14 bits per heavy atom. The fourth-order valence-electron chi connectivity index (χ4n) is 3.34. The van der Waals surface area contributed by atoms with Crippen LogP contribution in [0.3, 0.4) is 0 Å². The van der Waals surface area contributed by atoms with Crippen LogP contribution >= 0.6 is 23.2 Å². The summed E-state index contributed by atoms with van der Waals surface area (Å²) >= 11 is 12.0. The third kappa shape index (κ3) is 5.23. The first-order valence-electron chi connectivity index (χ1n) is 9.16. The molecule has 1 aromatic rings. The second kappa shape index (κ2) is 9.69. The van der Waals surface area contributed by atoms with E-state index in [1.165, 1.54) is 6.08 Å². The summed E-state index contributed by atoms with van der Waals surface area (Å²) in [5, 5.41) is 10.7. The molecule has 154 valence electrons. The van der Waals surface area contributed by atoms with Crippen molar-refractivity contribution in [3.8, 4) is 5.75 Å². The van der Waals surface area contributed by atoms with Crippen molar-refractivity contribution in [2.24, 2.45) is 4.99 Å². The summed E-state index contributed by atoms with van der Waals surface area (Å²) in [5.74, 6) is 1.19. The Morgan fingerprint density at radius 3 is 2.54 bits per heavy atom. The Labute approximate surface area is 175 Å². The van der Waals surface area contributed by atoms with E-state index in [4.69, 9.17) is 37.4 Å². The summed E-state index contributed by atoms with van der Waals surface area (Å²) in [6.45, 7) is 3.36. The number of hydrogen-bond acceptors (Lipinski definition) is 6. The van der Waals surface area contributed by atoms with Crippen LogP contribution in [0.25, 0.3) is 0 Å². The molecule has 0 saturated carbocycles. The van der Waals surface area contributed by atoms with Crippen LogP contribution in [0, 0.1) is 0 Å². The van der Waals surface area contributed by atoms with Crippen molar-refractivity contribution in [2.75, 3.05) is 40.4 Å². The second-order valence-corrected chi connectivity index (χ2v) is 7.48. The van der Waals surface area contributed by atoms with Crippen LogP contribution in [0.2, 0.25) is 10.0 Å². The van der Waals surface area contributed by atoms with Crippen molar-refractivity contribution in [3.63, 3.8) is 0 Å². The molecule has 0 aromatic heterocycles. The summed E-state index contributed by atoms with van der Waals surface area (Å²) < 4.78 is 16.7. The van der Waals surface area contributed by atoms with E-state index in [0.717, 1.165) is 38.2 Å². The molecule has 1 fully saturated rings. The summed E-state index contributed by atoms with van der Waals surface area (Å²) in [6, 6.07) is 5.35. The van der Waals surface area contributed by atoms with Gasteiger partial charge in [0.1, 0.15) is 11.9 Å². The van der Waals surface area contributed by atoms with E-state index in [9.17, 15) is 5.11 Å². The highest BCUT2D eigenvalue weighted by atomic mass is 35.5. The van der Waals surface area contributed by atoms with Crippen LogP contribution in [0.4, 0.5) is 0 Å². The molecule has 2 aliphatic rings. The lowest BCUT2D eigenvalue weighted by molar-refractivity contribution is -0.0450. The molecule has 1 saturated heterocycles. The van der Waals surface area contributed by atoms with Gasteiger partial charge in [-0.2, -0.15) is 4.99 Å². The minimum absolute atomic E-state index is 0.0970. The Bertz CT molecular complexity index is 736. The normalized spacial score (nSPS) is 21.3. The average Bonchev–Trinajstić information content (AvgIpc) is 2.70. The van der Waals surface area contributed by atoms with E-state index in [0.29, 0.717) is 22.5 Å². The average molecular weight is 430 g/mol. The van der Waals surface area contributed by atoms with Crippen molar-refractivity contribution in [1.29, 1.82) is 0 Å². The zero-order valence-electron chi connectivity index (χ0n) is 16.0. The number of rotatable bonds is 7. The lowest BCUT2D eigenvalue weighted by Gasteiger charge is -2.36. The van der Waals surface area contributed by atoms with Crippen LogP contribution < -0.4 is 4.74 Å². The molecule has 28 heavy (non-hydrogen) atoms. The number of aliphatic imine (C=N–C) groups is 1. The smallest absolute Gasteiger partial charge is 0.233 e. The minimum Gasteiger partial charge on any atom is -0.493 e. The molecule has 1 atom stereocenters. The summed E-state index contributed by atoms with van der Waals surface area (Å²) in [7, 11) is 3.12. The Kier molecular flexibility index (Phi) is 7.29. The van der Waals surface area contributed by atoms with Gasteiger partial charge in [-0.05, 0) is 25.0 Å². The van der Waals surface area contributed by atoms with E-state index in [1.54, 1.807) is 26.4 Å². The monoisotopic (exact) mass is 429 g/mol. The summed E-state index contributed by atoms with van der Waals surface area (Å²) in [4.78, 5) is 8.33. The fourth-order valence-corrected chi connectivity index (χ4v) is 3.63. The lowest BCUT2D eigenvalue weighted by atomic mass is 10.1. The number of aliphatic hydroxyl groups excluding tert-OH is 1. The van der Waals surface area contributed by atoms with Crippen molar-refractivity contribution in [2.45, 2.75) is 25.3 Å². The zero-order chi connectivity index (χ0) is 20.1. The number of benzene rings is 1. The van der Waals surface area contributed by atoms with Crippen molar-refractivity contribution in [1.82, 2.24) is 9.80 Å². The van der Waals surface area contributed by atoms with E-state index >= 15 is 0 Å². The van der Waals surface area contributed by atoms with Gasteiger partial charge in [-0.25, -0.2) is 0 Å². The molecule has 0 bridgehead atoms. The van der Waals surface area contributed by atoms with E-state index in [-0.39, 0.29) is 12.0 Å². The first-order chi connectivity index (χ1) is 13.5. The highest BCUT2D eigenvalue weighted by Crippen LogP contribution is 2.28. The molecular formula is C19H25Cl2N3O4. The molecule has 0 amide bonds. The van der Waals surface area contributed by atoms with Crippen molar-refractivity contribution < 1.29 is 19.3 Å². The van der Waals surface area contributed by atoms with Crippen LogP contribution in [0.15, 0.2) is 35.2 Å². The maximum absolute atomic E-state index is 9.68. The van der Waals surface area contributed by atoms with Gasteiger partial charge in [0.05, 0.1) is 23.2 Å². The predicted molar refractivity (Wildman–Crippen MR) is 109 cm³/mol. The number of ether oxygens (including phenoxy) is 3. The van der Waals surface area contributed by atoms with Gasteiger partial charge in [0.25, 0.3) is 0 Å². The third-order valence-corrected chi connectivity index (χ3v) is 5.59. The highest BCUT2D eigenvalue weighted by Gasteiger charge is 2.27. The van der Waals surface area contributed by atoms with Crippen LogP contribution in [0.1, 0.15) is 12.8 Å².